The molecule has 0 bridgehead atoms. The van der Waals surface area contributed by atoms with Crippen LogP contribution in [0.5, 0.6) is 0 Å². The molecule has 1 N–H and O–H groups in total. The van der Waals surface area contributed by atoms with E-state index in [4.69, 9.17) is 0 Å². The lowest BCUT2D eigenvalue weighted by Crippen LogP contribution is -2.51. The molecule has 1 aromatic rings. The van der Waals surface area contributed by atoms with Gasteiger partial charge in [-0.2, -0.15) is 0 Å². The Morgan fingerprint density at radius 3 is 2.43 bits per heavy atom. The Morgan fingerprint density at radius 2 is 1.95 bits per heavy atom. The van der Waals surface area contributed by atoms with E-state index in [1.165, 1.54) is 6.07 Å². The van der Waals surface area contributed by atoms with Gasteiger partial charge in [-0.25, -0.2) is 4.39 Å². The van der Waals surface area contributed by atoms with Crippen LogP contribution in [0.3, 0.4) is 0 Å². The lowest BCUT2D eigenvalue weighted by Gasteiger charge is -2.36. The highest BCUT2D eigenvalue weighted by atomic mass is 35.5. The lowest BCUT2D eigenvalue weighted by atomic mass is 9.87. The minimum absolute atomic E-state index is 0. The molecule has 1 amide bonds. The number of carbonyl (C=O) groups is 1. The summed E-state index contributed by atoms with van der Waals surface area (Å²) in [7, 11) is 0. The largest absolute Gasteiger partial charge is 0.336 e. The van der Waals surface area contributed by atoms with E-state index in [1.807, 2.05) is 20.8 Å². The van der Waals surface area contributed by atoms with E-state index in [2.05, 4.69) is 5.32 Å². The summed E-state index contributed by atoms with van der Waals surface area (Å²) in [5, 5.41) is 3.19. The summed E-state index contributed by atoms with van der Waals surface area (Å²) in [6, 6.07) is 6.73. The fourth-order valence-electron chi connectivity index (χ4n) is 2.45. The first-order valence-corrected chi connectivity index (χ1v) is 7.25. The van der Waals surface area contributed by atoms with E-state index < -0.39 is 0 Å². The first kappa shape index (κ1) is 17.9. The maximum absolute atomic E-state index is 13.8. The predicted molar refractivity (Wildman–Crippen MR) is 84.9 cm³/mol. The second-order valence-corrected chi connectivity index (χ2v) is 5.86. The number of amides is 1. The van der Waals surface area contributed by atoms with Crippen LogP contribution in [0, 0.1) is 17.7 Å². The molecule has 5 heteroatoms. The SMILES string of the molecule is CC(C(=O)N(Cc1ccccc1F)C(C)C)C1CNC1.Cl. The minimum atomic E-state index is -0.246. The molecule has 21 heavy (non-hydrogen) atoms. The van der Waals surface area contributed by atoms with Crippen LogP contribution in [0.2, 0.25) is 0 Å². The smallest absolute Gasteiger partial charge is 0.226 e. The number of rotatable bonds is 5. The first-order valence-electron chi connectivity index (χ1n) is 7.25. The van der Waals surface area contributed by atoms with Crippen molar-refractivity contribution >= 4 is 18.3 Å². The van der Waals surface area contributed by atoms with Crippen LogP contribution in [-0.4, -0.2) is 29.9 Å². The van der Waals surface area contributed by atoms with Gasteiger partial charge in [0.15, 0.2) is 0 Å². The molecule has 1 aromatic carbocycles. The zero-order valence-corrected chi connectivity index (χ0v) is 13.6. The second kappa shape index (κ2) is 7.76. The maximum atomic E-state index is 13.8. The Bertz CT molecular complexity index is 477. The molecule has 1 fully saturated rings. The van der Waals surface area contributed by atoms with Gasteiger partial charge in [0.05, 0.1) is 0 Å². The third kappa shape index (κ3) is 4.17. The van der Waals surface area contributed by atoms with Crippen LogP contribution in [0.1, 0.15) is 26.3 Å². The molecule has 1 atom stereocenters. The molecule has 1 heterocycles. The Hall–Kier alpha value is -1.13. The van der Waals surface area contributed by atoms with Crippen LogP contribution in [0.15, 0.2) is 24.3 Å². The van der Waals surface area contributed by atoms with Gasteiger partial charge in [0.25, 0.3) is 0 Å². The molecule has 0 aromatic heterocycles. The summed E-state index contributed by atoms with van der Waals surface area (Å²) >= 11 is 0. The Morgan fingerprint density at radius 1 is 1.33 bits per heavy atom. The molecular formula is C16H24ClFN2O. The third-order valence-corrected chi connectivity index (χ3v) is 4.11. The number of carbonyl (C=O) groups excluding carboxylic acids is 1. The first-order chi connectivity index (χ1) is 9.50. The van der Waals surface area contributed by atoms with Crippen LogP contribution in [0.4, 0.5) is 4.39 Å². The normalized spacial score (nSPS) is 16.0. The molecule has 0 radical (unpaired) electrons. The zero-order chi connectivity index (χ0) is 14.7. The molecule has 2 rings (SSSR count). The second-order valence-electron chi connectivity index (χ2n) is 5.86. The van der Waals surface area contributed by atoms with Gasteiger partial charge in [-0.1, -0.05) is 25.1 Å². The Labute approximate surface area is 132 Å². The number of nitrogens with one attached hydrogen (secondary N) is 1. The van der Waals surface area contributed by atoms with Gasteiger partial charge in [0, 0.05) is 24.1 Å². The van der Waals surface area contributed by atoms with Crippen molar-refractivity contribution < 1.29 is 9.18 Å². The van der Waals surface area contributed by atoms with Crippen LogP contribution in [0.25, 0.3) is 0 Å². The topological polar surface area (TPSA) is 32.3 Å². The molecule has 1 aliphatic rings. The summed E-state index contributed by atoms with van der Waals surface area (Å²) < 4.78 is 13.8. The molecule has 1 saturated heterocycles. The van der Waals surface area contributed by atoms with Gasteiger partial charge in [-0.15, -0.1) is 12.4 Å². The van der Waals surface area contributed by atoms with Gasteiger partial charge < -0.3 is 10.2 Å². The minimum Gasteiger partial charge on any atom is -0.336 e. The third-order valence-electron chi connectivity index (χ3n) is 4.11. The van der Waals surface area contributed by atoms with E-state index in [0.717, 1.165) is 13.1 Å². The van der Waals surface area contributed by atoms with Gasteiger partial charge in [0.1, 0.15) is 5.82 Å². The van der Waals surface area contributed by atoms with Gasteiger partial charge in [-0.05, 0) is 38.9 Å². The Balaban J connectivity index is 0.00000220. The highest BCUT2D eigenvalue weighted by Crippen LogP contribution is 2.21. The van der Waals surface area contributed by atoms with Gasteiger partial charge in [0.2, 0.25) is 5.91 Å². The van der Waals surface area contributed by atoms with E-state index in [0.29, 0.717) is 18.0 Å². The molecule has 0 spiro atoms. The van der Waals surface area contributed by atoms with Gasteiger partial charge in [-0.3, -0.25) is 4.79 Å². The van der Waals surface area contributed by atoms with Crippen LogP contribution in [-0.2, 0) is 11.3 Å². The molecule has 118 valence electrons. The number of nitrogens with zero attached hydrogens (tertiary/aromatic N) is 1. The number of hydrogen-bond acceptors (Lipinski definition) is 2. The fourth-order valence-corrected chi connectivity index (χ4v) is 2.45. The highest BCUT2D eigenvalue weighted by Gasteiger charge is 2.32. The summed E-state index contributed by atoms with van der Waals surface area (Å²) in [5.74, 6) is 0.272. The van der Waals surface area contributed by atoms with Crippen molar-refractivity contribution in [2.24, 2.45) is 11.8 Å². The Kier molecular flexibility index (Phi) is 6.62. The highest BCUT2D eigenvalue weighted by molar-refractivity contribution is 5.85. The van der Waals surface area contributed by atoms with Crippen molar-refractivity contribution in [2.75, 3.05) is 13.1 Å². The fraction of sp³-hybridized carbons (Fsp3) is 0.562. The molecule has 1 unspecified atom stereocenters. The monoisotopic (exact) mass is 314 g/mol. The van der Waals surface area contributed by atoms with Crippen LogP contribution >= 0.6 is 12.4 Å². The van der Waals surface area contributed by atoms with Crippen molar-refractivity contribution in [1.29, 1.82) is 0 Å². The maximum Gasteiger partial charge on any atom is 0.226 e. The lowest BCUT2D eigenvalue weighted by molar-refractivity contribution is -0.139. The molecule has 0 aliphatic carbocycles. The molecule has 1 aliphatic heterocycles. The van der Waals surface area contributed by atoms with Gasteiger partial charge >= 0.3 is 0 Å². The number of benzene rings is 1. The molecule has 0 saturated carbocycles. The number of hydrogen-bond donors (Lipinski definition) is 1. The standard InChI is InChI=1S/C16H23FN2O.ClH/c1-11(2)19(10-13-6-4-5-7-15(13)17)16(20)12(3)14-8-18-9-14;/h4-7,11-12,14,18H,8-10H2,1-3H3;1H. The quantitative estimate of drug-likeness (QED) is 0.906. The molecule has 3 nitrogen and oxygen atoms in total. The molecular weight excluding hydrogens is 291 g/mol. The summed E-state index contributed by atoms with van der Waals surface area (Å²) in [6.07, 6.45) is 0. The van der Waals surface area contributed by atoms with E-state index >= 15 is 0 Å². The van der Waals surface area contributed by atoms with Crippen LogP contribution < -0.4 is 5.32 Å². The average molecular weight is 315 g/mol. The van der Waals surface area contributed by atoms with E-state index in [-0.39, 0.29) is 36.1 Å². The van der Waals surface area contributed by atoms with Crippen molar-refractivity contribution in [3.63, 3.8) is 0 Å². The number of halogens is 2. The van der Waals surface area contributed by atoms with Crippen molar-refractivity contribution in [3.8, 4) is 0 Å². The van der Waals surface area contributed by atoms with E-state index in [1.54, 1.807) is 23.1 Å². The average Bonchev–Trinajstić information content (AvgIpc) is 2.34. The summed E-state index contributed by atoms with van der Waals surface area (Å²) in [4.78, 5) is 14.4. The van der Waals surface area contributed by atoms with Crippen molar-refractivity contribution in [1.82, 2.24) is 10.2 Å². The van der Waals surface area contributed by atoms with Crippen molar-refractivity contribution in [2.45, 2.75) is 33.4 Å². The summed E-state index contributed by atoms with van der Waals surface area (Å²) in [6.45, 7) is 8.07. The predicted octanol–water partition coefficient (Wildman–Crippen LogP) is 2.84. The van der Waals surface area contributed by atoms with Crippen molar-refractivity contribution in [3.05, 3.63) is 35.6 Å². The zero-order valence-electron chi connectivity index (χ0n) is 12.8. The van der Waals surface area contributed by atoms with E-state index in [9.17, 15) is 9.18 Å². The summed E-state index contributed by atoms with van der Waals surface area (Å²) in [5.41, 5.74) is 0.577.